The maximum Gasteiger partial charge on any atom is 0.321 e. The van der Waals surface area contributed by atoms with E-state index >= 15 is 0 Å². The Kier molecular flexibility index (Phi) is 6.37. The summed E-state index contributed by atoms with van der Waals surface area (Å²) < 4.78 is 0. The summed E-state index contributed by atoms with van der Waals surface area (Å²) in [5.74, 6) is -1.95. The first-order valence-corrected chi connectivity index (χ1v) is 7.10. The lowest BCUT2D eigenvalue weighted by Gasteiger charge is -2.36. The highest BCUT2D eigenvalue weighted by atomic mass is 16.4. The fraction of sp³-hybridized carbons (Fsp3) is 0.500. The Balaban J connectivity index is 3.05. The number of aliphatic carboxylic acids is 2. The number of benzene rings is 1. The second-order valence-corrected chi connectivity index (χ2v) is 5.50. The molecule has 1 aromatic carbocycles. The summed E-state index contributed by atoms with van der Waals surface area (Å²) in [5, 5.41) is 18.4. The lowest BCUT2D eigenvalue weighted by molar-refractivity contribution is -0.148. The van der Waals surface area contributed by atoms with E-state index in [0.29, 0.717) is 0 Å². The monoisotopic (exact) mass is 293 g/mol. The maximum absolute atomic E-state index is 11.6. The summed E-state index contributed by atoms with van der Waals surface area (Å²) >= 11 is 0. The fourth-order valence-electron chi connectivity index (χ4n) is 2.53. The highest BCUT2D eigenvalue weighted by molar-refractivity contribution is 5.74. The Morgan fingerprint density at radius 2 is 1.67 bits per heavy atom. The minimum Gasteiger partial charge on any atom is -0.481 e. The fourth-order valence-corrected chi connectivity index (χ4v) is 2.53. The van der Waals surface area contributed by atoms with Crippen LogP contribution in [0.1, 0.15) is 38.8 Å². The third-order valence-corrected chi connectivity index (χ3v) is 3.61. The molecule has 21 heavy (non-hydrogen) atoms. The van der Waals surface area contributed by atoms with Crippen molar-refractivity contribution < 1.29 is 19.8 Å². The summed E-state index contributed by atoms with van der Waals surface area (Å²) in [6, 6.07) is 8.68. The van der Waals surface area contributed by atoms with Gasteiger partial charge in [-0.15, -0.1) is 0 Å². The zero-order valence-corrected chi connectivity index (χ0v) is 12.7. The number of rotatable bonds is 8. The van der Waals surface area contributed by atoms with Crippen LogP contribution in [0.25, 0.3) is 0 Å². The predicted molar refractivity (Wildman–Crippen MR) is 80.1 cm³/mol. The van der Waals surface area contributed by atoms with Gasteiger partial charge in [0.05, 0.1) is 6.42 Å². The van der Waals surface area contributed by atoms with Gasteiger partial charge >= 0.3 is 11.9 Å². The van der Waals surface area contributed by atoms with Crippen LogP contribution in [0.15, 0.2) is 30.3 Å². The SMILES string of the molecule is CC(C)C(C(=O)O)N(CCC(=O)O)C(C)c1ccccc1. The number of hydrogen-bond acceptors (Lipinski definition) is 3. The normalized spacial score (nSPS) is 14.1. The summed E-state index contributed by atoms with van der Waals surface area (Å²) in [5.41, 5.74) is 0.981. The first-order valence-electron chi connectivity index (χ1n) is 7.10. The van der Waals surface area contributed by atoms with Crippen molar-refractivity contribution >= 4 is 11.9 Å². The first kappa shape index (κ1) is 17.2. The van der Waals surface area contributed by atoms with E-state index in [4.69, 9.17) is 5.11 Å². The van der Waals surface area contributed by atoms with E-state index in [1.54, 1.807) is 4.90 Å². The van der Waals surface area contributed by atoms with Crippen LogP contribution in [-0.4, -0.2) is 39.6 Å². The Bertz CT molecular complexity index is 472. The van der Waals surface area contributed by atoms with E-state index in [-0.39, 0.29) is 24.9 Å². The Hall–Kier alpha value is -1.88. The quantitative estimate of drug-likeness (QED) is 0.770. The Morgan fingerprint density at radius 1 is 1.10 bits per heavy atom. The average Bonchev–Trinajstić information content (AvgIpc) is 2.42. The molecular formula is C16H23NO4. The number of hydrogen-bond donors (Lipinski definition) is 2. The second-order valence-electron chi connectivity index (χ2n) is 5.50. The number of carboxylic acids is 2. The molecule has 0 aliphatic rings. The van der Waals surface area contributed by atoms with Gasteiger partial charge in [-0.2, -0.15) is 0 Å². The molecule has 0 saturated heterocycles. The van der Waals surface area contributed by atoms with Crippen LogP contribution < -0.4 is 0 Å². The molecule has 0 aliphatic carbocycles. The molecule has 1 rings (SSSR count). The van der Waals surface area contributed by atoms with Crippen LogP contribution in [0, 0.1) is 5.92 Å². The maximum atomic E-state index is 11.6. The van der Waals surface area contributed by atoms with E-state index in [1.807, 2.05) is 51.1 Å². The average molecular weight is 293 g/mol. The minimum absolute atomic E-state index is 0.0757. The van der Waals surface area contributed by atoms with Crippen LogP contribution >= 0.6 is 0 Å². The molecule has 0 radical (unpaired) electrons. The van der Waals surface area contributed by atoms with Crippen molar-refractivity contribution in [3.05, 3.63) is 35.9 Å². The van der Waals surface area contributed by atoms with Crippen molar-refractivity contribution in [3.63, 3.8) is 0 Å². The molecule has 1 aromatic rings. The van der Waals surface area contributed by atoms with Gasteiger partial charge in [0.2, 0.25) is 0 Å². The van der Waals surface area contributed by atoms with Crippen LogP contribution in [0.3, 0.4) is 0 Å². The Morgan fingerprint density at radius 3 is 2.10 bits per heavy atom. The van der Waals surface area contributed by atoms with Crippen LogP contribution in [0.2, 0.25) is 0 Å². The van der Waals surface area contributed by atoms with Crippen LogP contribution in [0.5, 0.6) is 0 Å². The molecule has 5 heteroatoms. The number of nitrogens with zero attached hydrogens (tertiary/aromatic N) is 1. The first-order chi connectivity index (χ1) is 9.84. The second kappa shape index (κ2) is 7.78. The van der Waals surface area contributed by atoms with Crippen LogP contribution in [0.4, 0.5) is 0 Å². The molecule has 2 unspecified atom stereocenters. The van der Waals surface area contributed by atoms with Crippen molar-refractivity contribution in [1.82, 2.24) is 4.90 Å². The van der Waals surface area contributed by atoms with E-state index in [9.17, 15) is 14.7 Å². The van der Waals surface area contributed by atoms with Crippen molar-refractivity contribution in [2.24, 2.45) is 5.92 Å². The van der Waals surface area contributed by atoms with Gasteiger partial charge in [0.25, 0.3) is 0 Å². The number of carbonyl (C=O) groups is 2. The highest BCUT2D eigenvalue weighted by Gasteiger charge is 2.32. The number of carboxylic acid groups (broad SMARTS) is 2. The van der Waals surface area contributed by atoms with E-state index in [1.165, 1.54) is 0 Å². The molecule has 5 nitrogen and oxygen atoms in total. The molecular weight excluding hydrogens is 270 g/mol. The largest absolute Gasteiger partial charge is 0.481 e. The third-order valence-electron chi connectivity index (χ3n) is 3.61. The molecule has 0 heterocycles. The Labute approximate surface area is 125 Å². The minimum atomic E-state index is -0.923. The standard InChI is InChI=1S/C16H23NO4/c1-11(2)15(16(20)21)17(10-9-14(18)19)12(3)13-7-5-4-6-8-13/h4-8,11-12,15H,9-10H2,1-3H3,(H,18,19)(H,20,21). The van der Waals surface area contributed by atoms with E-state index < -0.39 is 18.0 Å². The van der Waals surface area contributed by atoms with Gasteiger partial charge in [0.15, 0.2) is 0 Å². The van der Waals surface area contributed by atoms with Crippen molar-refractivity contribution in [3.8, 4) is 0 Å². The van der Waals surface area contributed by atoms with Crippen molar-refractivity contribution in [2.45, 2.75) is 39.3 Å². The molecule has 2 atom stereocenters. The lowest BCUT2D eigenvalue weighted by atomic mass is 9.97. The van der Waals surface area contributed by atoms with Gasteiger partial charge in [0, 0.05) is 12.6 Å². The van der Waals surface area contributed by atoms with Gasteiger partial charge < -0.3 is 10.2 Å². The summed E-state index contributed by atoms with van der Waals surface area (Å²) in [7, 11) is 0. The van der Waals surface area contributed by atoms with Gasteiger partial charge in [-0.1, -0.05) is 44.2 Å². The molecule has 116 valence electrons. The molecule has 0 fully saturated rings. The predicted octanol–water partition coefficient (Wildman–Crippen LogP) is 2.63. The molecule has 0 saturated carbocycles. The van der Waals surface area contributed by atoms with Gasteiger partial charge in [0.1, 0.15) is 6.04 Å². The molecule has 0 bridgehead atoms. The molecule has 0 spiro atoms. The van der Waals surface area contributed by atoms with Crippen molar-refractivity contribution in [1.29, 1.82) is 0 Å². The summed E-state index contributed by atoms with van der Waals surface area (Å²) in [6.45, 7) is 5.80. The summed E-state index contributed by atoms with van der Waals surface area (Å²) in [4.78, 5) is 24.2. The van der Waals surface area contributed by atoms with Gasteiger partial charge in [-0.25, -0.2) is 0 Å². The van der Waals surface area contributed by atoms with Crippen LogP contribution in [-0.2, 0) is 9.59 Å². The van der Waals surface area contributed by atoms with E-state index in [0.717, 1.165) is 5.56 Å². The zero-order chi connectivity index (χ0) is 16.0. The molecule has 0 aliphatic heterocycles. The van der Waals surface area contributed by atoms with Crippen molar-refractivity contribution in [2.75, 3.05) is 6.54 Å². The smallest absolute Gasteiger partial charge is 0.321 e. The van der Waals surface area contributed by atoms with E-state index in [2.05, 4.69) is 0 Å². The van der Waals surface area contributed by atoms with Gasteiger partial charge in [-0.05, 0) is 18.4 Å². The summed E-state index contributed by atoms with van der Waals surface area (Å²) in [6.07, 6.45) is -0.0757. The molecule has 0 amide bonds. The topological polar surface area (TPSA) is 77.8 Å². The lowest BCUT2D eigenvalue weighted by Crippen LogP contribution is -2.46. The molecule has 2 N–H and O–H groups in total. The van der Waals surface area contributed by atoms with Gasteiger partial charge in [-0.3, -0.25) is 14.5 Å². The third kappa shape index (κ3) is 4.86. The molecule has 0 aromatic heterocycles. The zero-order valence-electron chi connectivity index (χ0n) is 12.7. The highest BCUT2D eigenvalue weighted by Crippen LogP contribution is 2.26.